The number of nitrogens with zero attached hydrogens (tertiary/aromatic N) is 1. The highest BCUT2D eigenvalue weighted by Gasteiger charge is 2.51. The lowest BCUT2D eigenvalue weighted by atomic mass is 9.90. The molecule has 1 amide bonds. The molecular formula is C13H16N2O2. The molecule has 1 aromatic carbocycles. The van der Waals surface area contributed by atoms with E-state index in [9.17, 15) is 4.79 Å². The largest absolute Gasteiger partial charge is 0.342 e. The van der Waals surface area contributed by atoms with Gasteiger partial charge in [-0.15, -0.1) is 0 Å². The number of carbonyl (C=O) groups is 1. The maximum atomic E-state index is 12.2. The number of hydrogen-bond donors (Lipinski definition) is 1. The third-order valence-electron chi connectivity index (χ3n) is 3.79. The zero-order valence-electron chi connectivity index (χ0n) is 10.1. The molecule has 2 aliphatic rings. The smallest absolute Gasteiger partial charge is 0.261 e. The molecule has 1 spiro atoms. The zero-order valence-corrected chi connectivity index (χ0v) is 10.1. The van der Waals surface area contributed by atoms with Gasteiger partial charge < -0.3 is 10.1 Å². The summed E-state index contributed by atoms with van der Waals surface area (Å²) < 4.78 is 6.00. The van der Waals surface area contributed by atoms with Gasteiger partial charge in [0.1, 0.15) is 6.23 Å². The maximum Gasteiger partial charge on any atom is 0.261 e. The van der Waals surface area contributed by atoms with Gasteiger partial charge in [-0.25, -0.2) is 0 Å². The fourth-order valence-corrected chi connectivity index (χ4v) is 2.61. The van der Waals surface area contributed by atoms with E-state index in [-0.39, 0.29) is 12.1 Å². The Morgan fingerprint density at radius 1 is 1.47 bits per heavy atom. The molecule has 3 rings (SSSR count). The Kier molecular flexibility index (Phi) is 2.24. The van der Waals surface area contributed by atoms with E-state index in [1.165, 1.54) is 0 Å². The standard InChI is InChI=1S/C13H16N2O2/c1-9-15(2)8-7-13(17-9)10-5-3-4-6-11(10)14-12(13)16/h3-6,9H,7-8H2,1-2H3,(H,14,16). The molecule has 0 bridgehead atoms. The Morgan fingerprint density at radius 3 is 3.00 bits per heavy atom. The summed E-state index contributed by atoms with van der Waals surface area (Å²) in [5.41, 5.74) is 1.09. The number of anilines is 1. The Hall–Kier alpha value is -1.39. The molecule has 2 unspecified atom stereocenters. The first-order valence-corrected chi connectivity index (χ1v) is 5.92. The van der Waals surface area contributed by atoms with Crippen LogP contribution in [0.25, 0.3) is 0 Å². The third kappa shape index (κ3) is 1.41. The van der Waals surface area contributed by atoms with E-state index < -0.39 is 5.60 Å². The van der Waals surface area contributed by atoms with Gasteiger partial charge in [0.2, 0.25) is 0 Å². The first kappa shape index (κ1) is 10.7. The number of carbonyl (C=O) groups excluding carboxylic acids is 1. The molecule has 4 nitrogen and oxygen atoms in total. The van der Waals surface area contributed by atoms with Crippen LogP contribution in [0.4, 0.5) is 5.69 Å². The molecule has 1 aromatic rings. The second kappa shape index (κ2) is 3.55. The normalized spacial score (nSPS) is 32.6. The van der Waals surface area contributed by atoms with Crippen LogP contribution in [0.1, 0.15) is 18.9 Å². The van der Waals surface area contributed by atoms with Gasteiger partial charge in [-0.2, -0.15) is 0 Å². The molecule has 1 fully saturated rings. The second-order valence-corrected chi connectivity index (χ2v) is 4.77. The predicted octanol–water partition coefficient (Wildman–Crippen LogP) is 1.53. The molecule has 2 atom stereocenters. The minimum Gasteiger partial charge on any atom is -0.342 e. The number of hydrogen-bond acceptors (Lipinski definition) is 3. The summed E-state index contributed by atoms with van der Waals surface area (Å²) in [5, 5.41) is 2.91. The fraction of sp³-hybridized carbons (Fsp3) is 0.462. The average molecular weight is 232 g/mol. The number of nitrogens with one attached hydrogen (secondary N) is 1. The lowest BCUT2D eigenvalue weighted by molar-refractivity contribution is -0.189. The fourth-order valence-electron chi connectivity index (χ4n) is 2.61. The van der Waals surface area contributed by atoms with Crippen molar-refractivity contribution in [3.63, 3.8) is 0 Å². The van der Waals surface area contributed by atoms with Crippen LogP contribution in [0.3, 0.4) is 0 Å². The Bertz CT molecular complexity index is 474. The van der Waals surface area contributed by atoms with Crippen molar-refractivity contribution in [1.82, 2.24) is 4.90 Å². The van der Waals surface area contributed by atoms with E-state index >= 15 is 0 Å². The van der Waals surface area contributed by atoms with Crippen molar-refractivity contribution in [3.8, 4) is 0 Å². The molecule has 1 N–H and O–H groups in total. The highest BCUT2D eigenvalue weighted by atomic mass is 16.5. The number of para-hydroxylation sites is 1. The third-order valence-corrected chi connectivity index (χ3v) is 3.79. The van der Waals surface area contributed by atoms with Gasteiger partial charge in [0.25, 0.3) is 5.91 Å². The van der Waals surface area contributed by atoms with E-state index in [4.69, 9.17) is 4.74 Å². The van der Waals surface area contributed by atoms with Crippen molar-refractivity contribution >= 4 is 11.6 Å². The molecule has 1 saturated heterocycles. The minimum atomic E-state index is -0.775. The molecule has 0 radical (unpaired) electrons. The average Bonchev–Trinajstić information content (AvgIpc) is 2.58. The molecule has 17 heavy (non-hydrogen) atoms. The highest BCUT2D eigenvalue weighted by Crippen LogP contribution is 2.44. The summed E-state index contributed by atoms with van der Waals surface area (Å²) in [5.74, 6) is -0.0290. The molecule has 2 heterocycles. The Labute approximate surface area is 101 Å². The number of ether oxygens (including phenoxy) is 1. The minimum absolute atomic E-state index is 0.0290. The van der Waals surface area contributed by atoms with Crippen molar-refractivity contribution in [3.05, 3.63) is 29.8 Å². The van der Waals surface area contributed by atoms with Gasteiger partial charge >= 0.3 is 0 Å². The summed E-state index contributed by atoms with van der Waals surface area (Å²) in [7, 11) is 2.01. The summed E-state index contributed by atoms with van der Waals surface area (Å²) in [6.07, 6.45) is 0.664. The van der Waals surface area contributed by atoms with Crippen LogP contribution in [0, 0.1) is 0 Å². The van der Waals surface area contributed by atoms with Crippen LogP contribution in [-0.2, 0) is 15.1 Å². The summed E-state index contributed by atoms with van der Waals surface area (Å²) in [4.78, 5) is 14.3. The lowest BCUT2D eigenvalue weighted by Gasteiger charge is -2.40. The molecule has 4 heteroatoms. The SMILES string of the molecule is CC1OC2(CCN1C)C(=O)Nc1ccccc12. The molecule has 0 aliphatic carbocycles. The highest BCUT2D eigenvalue weighted by molar-refractivity contribution is 6.05. The van der Waals surface area contributed by atoms with E-state index in [1.54, 1.807) is 0 Å². The Balaban J connectivity index is 2.05. The van der Waals surface area contributed by atoms with Crippen LogP contribution in [0.15, 0.2) is 24.3 Å². The molecular weight excluding hydrogens is 216 g/mol. The maximum absolute atomic E-state index is 12.2. The van der Waals surface area contributed by atoms with Crippen LogP contribution in [-0.4, -0.2) is 30.6 Å². The van der Waals surface area contributed by atoms with Gasteiger partial charge in [-0.1, -0.05) is 18.2 Å². The topological polar surface area (TPSA) is 41.6 Å². The number of fused-ring (bicyclic) bond motifs is 2. The molecule has 2 aliphatic heterocycles. The van der Waals surface area contributed by atoms with E-state index in [0.29, 0.717) is 6.42 Å². The van der Waals surface area contributed by atoms with Crippen LogP contribution in [0.5, 0.6) is 0 Å². The van der Waals surface area contributed by atoms with Crippen molar-refractivity contribution in [2.24, 2.45) is 0 Å². The second-order valence-electron chi connectivity index (χ2n) is 4.77. The van der Waals surface area contributed by atoms with Crippen molar-refractivity contribution in [2.75, 3.05) is 18.9 Å². The number of rotatable bonds is 0. The summed E-state index contributed by atoms with van der Waals surface area (Å²) in [6, 6.07) is 7.78. The Morgan fingerprint density at radius 2 is 2.24 bits per heavy atom. The summed E-state index contributed by atoms with van der Waals surface area (Å²) in [6.45, 7) is 2.85. The van der Waals surface area contributed by atoms with Crippen molar-refractivity contribution in [2.45, 2.75) is 25.2 Å². The van der Waals surface area contributed by atoms with Crippen molar-refractivity contribution < 1.29 is 9.53 Å². The summed E-state index contributed by atoms with van der Waals surface area (Å²) >= 11 is 0. The van der Waals surface area contributed by atoms with Gasteiger partial charge in [0, 0.05) is 24.2 Å². The lowest BCUT2D eigenvalue weighted by Crippen LogP contribution is -2.51. The van der Waals surface area contributed by atoms with E-state index in [1.807, 2.05) is 38.2 Å². The van der Waals surface area contributed by atoms with Gasteiger partial charge in [-0.3, -0.25) is 9.69 Å². The predicted molar refractivity (Wildman–Crippen MR) is 64.5 cm³/mol. The number of amides is 1. The van der Waals surface area contributed by atoms with Crippen LogP contribution < -0.4 is 5.32 Å². The van der Waals surface area contributed by atoms with Crippen molar-refractivity contribution in [1.29, 1.82) is 0 Å². The zero-order chi connectivity index (χ0) is 12.0. The molecule has 0 saturated carbocycles. The van der Waals surface area contributed by atoms with Gasteiger partial charge in [0.05, 0.1) is 0 Å². The van der Waals surface area contributed by atoms with E-state index in [2.05, 4.69) is 10.2 Å². The van der Waals surface area contributed by atoms with Crippen LogP contribution >= 0.6 is 0 Å². The van der Waals surface area contributed by atoms with Gasteiger partial charge in [-0.05, 0) is 20.0 Å². The first-order chi connectivity index (χ1) is 8.13. The van der Waals surface area contributed by atoms with E-state index in [0.717, 1.165) is 17.8 Å². The molecule has 0 aromatic heterocycles. The quantitative estimate of drug-likeness (QED) is 0.737. The van der Waals surface area contributed by atoms with Gasteiger partial charge in [0.15, 0.2) is 5.60 Å². The monoisotopic (exact) mass is 232 g/mol. The molecule has 90 valence electrons. The van der Waals surface area contributed by atoms with Crippen LogP contribution in [0.2, 0.25) is 0 Å². The first-order valence-electron chi connectivity index (χ1n) is 5.92. The number of benzene rings is 1.